The van der Waals surface area contributed by atoms with E-state index in [1.165, 1.54) is 37.1 Å². The van der Waals surface area contributed by atoms with E-state index in [2.05, 4.69) is 0 Å². The van der Waals surface area contributed by atoms with E-state index < -0.39 is 0 Å². The molecule has 2 aliphatic heterocycles. The Hall–Kier alpha value is -1.82. The van der Waals surface area contributed by atoms with Crippen molar-refractivity contribution in [3.8, 4) is 0 Å². The summed E-state index contributed by atoms with van der Waals surface area (Å²) in [6.45, 7) is 0.0950. The Balaban J connectivity index is 0.000000331. The minimum Gasteiger partial charge on any atom is -0.396 e. The molecule has 0 radical (unpaired) electrons. The Bertz CT molecular complexity index is 874. The van der Waals surface area contributed by atoms with Crippen molar-refractivity contribution in [3.05, 3.63) is 71.3 Å². The highest BCUT2D eigenvalue weighted by atomic mass is 19.1. The van der Waals surface area contributed by atoms with Crippen molar-refractivity contribution < 1.29 is 23.4 Å². The fraction of sp³-hybridized carbons (Fsp3) is 0.520. The molecule has 3 unspecified atom stereocenters. The van der Waals surface area contributed by atoms with Gasteiger partial charge in [-0.1, -0.05) is 24.3 Å². The Morgan fingerprint density at radius 1 is 0.867 bits per heavy atom. The number of rotatable bonds is 3. The third kappa shape index (κ3) is 3.79. The second-order valence-electron chi connectivity index (χ2n) is 9.07. The summed E-state index contributed by atoms with van der Waals surface area (Å²) in [5.74, 6) is -0.369. The van der Waals surface area contributed by atoms with Crippen LogP contribution in [-0.4, -0.2) is 29.5 Å². The first kappa shape index (κ1) is 20.1. The fourth-order valence-corrected chi connectivity index (χ4v) is 5.51. The van der Waals surface area contributed by atoms with E-state index in [4.69, 9.17) is 9.47 Å². The zero-order valence-corrected chi connectivity index (χ0v) is 17.0. The summed E-state index contributed by atoms with van der Waals surface area (Å²) in [4.78, 5) is 0. The summed E-state index contributed by atoms with van der Waals surface area (Å²) >= 11 is 0. The van der Waals surface area contributed by atoms with E-state index in [0.717, 1.165) is 49.0 Å². The van der Waals surface area contributed by atoms with Crippen LogP contribution in [0.3, 0.4) is 0 Å². The summed E-state index contributed by atoms with van der Waals surface area (Å²) in [6, 6.07) is 13.1. The summed E-state index contributed by atoms with van der Waals surface area (Å²) in [7, 11) is 0. The van der Waals surface area contributed by atoms with Crippen LogP contribution < -0.4 is 0 Å². The zero-order valence-electron chi connectivity index (χ0n) is 17.0. The Morgan fingerprint density at radius 3 is 2.20 bits per heavy atom. The highest BCUT2D eigenvalue weighted by Crippen LogP contribution is 2.57. The van der Waals surface area contributed by atoms with Gasteiger partial charge in [0.05, 0.1) is 23.9 Å². The Labute approximate surface area is 176 Å². The van der Waals surface area contributed by atoms with Gasteiger partial charge in [-0.2, -0.15) is 0 Å². The number of hydrogen-bond acceptors (Lipinski definition) is 3. The van der Waals surface area contributed by atoms with Gasteiger partial charge in [-0.15, -0.1) is 0 Å². The lowest BCUT2D eigenvalue weighted by atomic mass is 9.79. The summed E-state index contributed by atoms with van der Waals surface area (Å²) in [6.07, 6.45) is 7.46. The SMILES string of the molecule is C1CC2OC12.OC[C@H]1CC[C@@]2(CCC(c3cccc(F)c3)O2)[C@@H]1c1ccc(F)cc1. The summed E-state index contributed by atoms with van der Waals surface area (Å²) < 4.78 is 38.4. The third-order valence-corrected chi connectivity index (χ3v) is 7.29. The van der Waals surface area contributed by atoms with E-state index in [1.54, 1.807) is 18.2 Å². The quantitative estimate of drug-likeness (QED) is 0.694. The van der Waals surface area contributed by atoms with Gasteiger partial charge in [-0.05, 0) is 79.8 Å². The molecule has 6 atom stereocenters. The maximum atomic E-state index is 13.6. The second-order valence-corrected chi connectivity index (χ2v) is 9.07. The average Bonchev–Trinajstić information content (AvgIpc) is 3.10. The molecule has 3 nitrogen and oxygen atoms in total. The minimum absolute atomic E-state index is 0.0386. The van der Waals surface area contributed by atoms with Crippen molar-refractivity contribution in [2.24, 2.45) is 5.92 Å². The van der Waals surface area contributed by atoms with Gasteiger partial charge >= 0.3 is 0 Å². The van der Waals surface area contributed by atoms with Crippen molar-refractivity contribution in [2.45, 2.75) is 68.4 Å². The van der Waals surface area contributed by atoms with Gasteiger partial charge in [0.2, 0.25) is 0 Å². The van der Waals surface area contributed by atoms with Gasteiger partial charge in [0, 0.05) is 12.5 Å². The van der Waals surface area contributed by atoms with Gasteiger partial charge in [0.15, 0.2) is 0 Å². The topological polar surface area (TPSA) is 42.0 Å². The number of halogens is 2. The minimum atomic E-state index is -0.359. The number of aliphatic hydroxyl groups excluding tert-OH is 1. The first-order valence-electron chi connectivity index (χ1n) is 11.0. The molecule has 2 aliphatic carbocycles. The molecule has 0 bridgehead atoms. The van der Waals surface area contributed by atoms with Crippen LogP contribution in [0, 0.1) is 17.6 Å². The van der Waals surface area contributed by atoms with E-state index in [-0.39, 0.29) is 41.8 Å². The lowest BCUT2D eigenvalue weighted by Crippen LogP contribution is -2.34. The number of epoxide rings is 1. The van der Waals surface area contributed by atoms with Gasteiger partial charge in [0.25, 0.3) is 0 Å². The van der Waals surface area contributed by atoms with Gasteiger partial charge in [-0.3, -0.25) is 0 Å². The molecule has 2 aromatic carbocycles. The normalized spacial score (nSPS) is 36.0. The molecular weight excluding hydrogens is 386 g/mol. The van der Waals surface area contributed by atoms with Crippen LogP contribution in [-0.2, 0) is 9.47 Å². The number of ether oxygens (including phenoxy) is 2. The molecule has 4 aliphatic rings. The molecule has 4 fully saturated rings. The van der Waals surface area contributed by atoms with Crippen LogP contribution in [0.4, 0.5) is 8.78 Å². The molecule has 160 valence electrons. The van der Waals surface area contributed by atoms with Crippen molar-refractivity contribution in [2.75, 3.05) is 6.61 Å². The van der Waals surface area contributed by atoms with Crippen LogP contribution in [0.15, 0.2) is 48.5 Å². The Morgan fingerprint density at radius 2 is 1.60 bits per heavy atom. The molecule has 1 spiro atoms. The number of hydrogen-bond donors (Lipinski definition) is 1. The largest absolute Gasteiger partial charge is 0.396 e. The highest BCUT2D eigenvalue weighted by molar-refractivity contribution is 5.29. The molecule has 1 N–H and O–H groups in total. The van der Waals surface area contributed by atoms with Crippen molar-refractivity contribution >= 4 is 0 Å². The monoisotopic (exact) mass is 414 g/mol. The van der Waals surface area contributed by atoms with E-state index in [9.17, 15) is 13.9 Å². The third-order valence-electron chi connectivity index (χ3n) is 7.29. The second kappa shape index (κ2) is 8.03. The predicted octanol–water partition coefficient (Wildman–Crippen LogP) is 5.29. The van der Waals surface area contributed by atoms with Crippen LogP contribution in [0.1, 0.15) is 61.7 Å². The van der Waals surface area contributed by atoms with E-state index >= 15 is 0 Å². The van der Waals surface area contributed by atoms with E-state index in [0.29, 0.717) is 0 Å². The standard InChI is InChI=1S/C21H22F2O2.C4H6O/c22-17-6-4-14(5-7-17)20-16(13-24)8-10-21(20)11-9-19(25-21)15-2-1-3-18(23)12-15;1-2-4-3(1)5-4/h1-7,12,16,19-20,24H,8-11,13H2;3-4H,1-2H2/t16-,19?,20-,21-;/m1./s1. The van der Waals surface area contributed by atoms with Crippen LogP contribution in [0.5, 0.6) is 0 Å². The van der Waals surface area contributed by atoms with E-state index in [1.807, 2.05) is 6.07 Å². The molecule has 2 heterocycles. The van der Waals surface area contributed by atoms with Gasteiger partial charge in [0.1, 0.15) is 11.6 Å². The maximum Gasteiger partial charge on any atom is 0.123 e. The van der Waals surface area contributed by atoms with Crippen molar-refractivity contribution in [1.29, 1.82) is 0 Å². The lowest BCUT2D eigenvalue weighted by molar-refractivity contribution is -0.0548. The molecule has 5 heteroatoms. The molecule has 2 saturated heterocycles. The smallest absolute Gasteiger partial charge is 0.123 e. The van der Waals surface area contributed by atoms with Crippen LogP contribution in [0.25, 0.3) is 0 Å². The van der Waals surface area contributed by atoms with Crippen molar-refractivity contribution in [1.82, 2.24) is 0 Å². The highest BCUT2D eigenvalue weighted by Gasteiger charge is 2.53. The number of aliphatic hydroxyl groups is 1. The molecular formula is C25H28F2O3. The maximum absolute atomic E-state index is 13.6. The van der Waals surface area contributed by atoms with Gasteiger partial charge < -0.3 is 14.6 Å². The Kier molecular flexibility index (Phi) is 5.38. The number of benzene rings is 2. The van der Waals surface area contributed by atoms with Gasteiger partial charge in [-0.25, -0.2) is 8.78 Å². The average molecular weight is 414 g/mol. The predicted molar refractivity (Wildman–Crippen MR) is 109 cm³/mol. The zero-order chi connectivity index (χ0) is 20.7. The lowest BCUT2D eigenvalue weighted by Gasteiger charge is -2.34. The van der Waals surface area contributed by atoms with Crippen LogP contribution >= 0.6 is 0 Å². The molecule has 6 rings (SSSR count). The molecule has 30 heavy (non-hydrogen) atoms. The van der Waals surface area contributed by atoms with Crippen molar-refractivity contribution in [3.63, 3.8) is 0 Å². The van der Waals surface area contributed by atoms with Crippen LogP contribution in [0.2, 0.25) is 0 Å². The fourth-order valence-electron chi connectivity index (χ4n) is 5.51. The summed E-state index contributed by atoms with van der Waals surface area (Å²) in [5.41, 5.74) is 1.52. The molecule has 0 amide bonds. The molecule has 2 aromatic rings. The molecule has 2 saturated carbocycles. The first-order valence-corrected chi connectivity index (χ1v) is 11.0. The molecule has 0 aromatic heterocycles. The summed E-state index contributed by atoms with van der Waals surface area (Å²) in [5, 5.41) is 9.84. The number of fused-ring (bicyclic) bond motifs is 1. The first-order chi connectivity index (χ1) is 14.6.